The first-order valence-electron chi connectivity index (χ1n) is 10.6. The number of nitrogens with one attached hydrogen (secondary N) is 1. The molecule has 2 aromatic carbocycles. The van der Waals surface area contributed by atoms with Crippen molar-refractivity contribution in [3.63, 3.8) is 0 Å². The van der Waals surface area contributed by atoms with Crippen LogP contribution in [0.5, 0.6) is 0 Å². The molecule has 1 fully saturated rings. The van der Waals surface area contributed by atoms with Crippen molar-refractivity contribution in [2.45, 2.75) is 35.3 Å². The molecule has 1 aromatic heterocycles. The summed E-state index contributed by atoms with van der Waals surface area (Å²) in [5, 5.41) is 2.80. The quantitative estimate of drug-likeness (QED) is 0.478. The van der Waals surface area contributed by atoms with Crippen LogP contribution < -0.4 is 5.32 Å². The summed E-state index contributed by atoms with van der Waals surface area (Å²) in [6, 6.07) is 18.0. The number of thioether (sulfide) groups is 1. The third-order valence-electron chi connectivity index (χ3n) is 5.46. The summed E-state index contributed by atoms with van der Waals surface area (Å²) in [7, 11) is -3.52. The number of anilines is 1. The number of amides is 1. The van der Waals surface area contributed by atoms with Crippen LogP contribution in [0.25, 0.3) is 0 Å². The van der Waals surface area contributed by atoms with Gasteiger partial charge in [0, 0.05) is 35.0 Å². The zero-order valence-corrected chi connectivity index (χ0v) is 19.5. The second-order valence-electron chi connectivity index (χ2n) is 7.97. The summed E-state index contributed by atoms with van der Waals surface area (Å²) in [4.78, 5) is 14.1. The van der Waals surface area contributed by atoms with Crippen LogP contribution in [0.3, 0.4) is 0 Å². The van der Waals surface area contributed by atoms with Crippen LogP contribution in [0.15, 0.2) is 81.1 Å². The SMILES string of the molecule is CC1CCCN(S(=O)(=O)c2ccc(NC(=O)c3occc3CSc3ccccc3)cc2)C1. The van der Waals surface area contributed by atoms with Gasteiger partial charge in [0.1, 0.15) is 0 Å². The van der Waals surface area contributed by atoms with Crippen LogP contribution in [0.1, 0.15) is 35.9 Å². The molecular weight excluding hydrogens is 444 g/mol. The van der Waals surface area contributed by atoms with Gasteiger partial charge in [-0.1, -0.05) is 25.1 Å². The lowest BCUT2D eigenvalue weighted by molar-refractivity contribution is 0.0995. The predicted molar refractivity (Wildman–Crippen MR) is 126 cm³/mol. The fourth-order valence-corrected chi connectivity index (χ4v) is 6.24. The molecule has 4 rings (SSSR count). The highest BCUT2D eigenvalue weighted by Gasteiger charge is 2.28. The van der Waals surface area contributed by atoms with Gasteiger partial charge in [-0.2, -0.15) is 4.31 Å². The third-order valence-corrected chi connectivity index (χ3v) is 8.40. The molecule has 168 valence electrons. The molecule has 3 aromatic rings. The van der Waals surface area contributed by atoms with Gasteiger partial charge in [0.25, 0.3) is 5.91 Å². The molecule has 1 unspecified atom stereocenters. The van der Waals surface area contributed by atoms with Crippen molar-refractivity contribution in [1.29, 1.82) is 0 Å². The number of carbonyl (C=O) groups is 1. The number of sulfonamides is 1. The topological polar surface area (TPSA) is 79.6 Å². The fourth-order valence-electron chi connectivity index (χ4n) is 3.74. The molecule has 1 N–H and O–H groups in total. The average Bonchev–Trinajstić information content (AvgIpc) is 3.28. The number of hydrogen-bond acceptors (Lipinski definition) is 5. The van der Waals surface area contributed by atoms with E-state index in [1.54, 1.807) is 46.4 Å². The Morgan fingerprint density at radius 2 is 1.88 bits per heavy atom. The normalized spacial score (nSPS) is 17.2. The zero-order valence-electron chi connectivity index (χ0n) is 17.9. The van der Waals surface area contributed by atoms with Crippen LogP contribution in [-0.2, 0) is 15.8 Å². The molecular formula is C24H26N2O4S2. The van der Waals surface area contributed by atoms with E-state index in [0.717, 1.165) is 23.3 Å². The van der Waals surface area contributed by atoms with E-state index in [1.165, 1.54) is 6.26 Å². The van der Waals surface area contributed by atoms with Crippen LogP contribution in [0.2, 0.25) is 0 Å². The Labute approximate surface area is 193 Å². The summed E-state index contributed by atoms with van der Waals surface area (Å²) in [5.74, 6) is 0.862. The van der Waals surface area contributed by atoms with Crippen LogP contribution >= 0.6 is 11.8 Å². The maximum Gasteiger partial charge on any atom is 0.291 e. The number of benzene rings is 2. The largest absolute Gasteiger partial charge is 0.459 e. The number of rotatable bonds is 7. The maximum absolute atomic E-state index is 12.9. The van der Waals surface area contributed by atoms with E-state index in [4.69, 9.17) is 4.42 Å². The number of furan rings is 1. The third kappa shape index (κ3) is 5.26. The van der Waals surface area contributed by atoms with Crippen LogP contribution in [0.4, 0.5) is 5.69 Å². The van der Waals surface area contributed by atoms with Crippen molar-refractivity contribution in [1.82, 2.24) is 4.31 Å². The summed E-state index contributed by atoms with van der Waals surface area (Å²) in [6.45, 7) is 3.16. The molecule has 0 spiro atoms. The zero-order chi connectivity index (χ0) is 22.6. The molecule has 1 saturated heterocycles. The monoisotopic (exact) mass is 470 g/mol. The summed E-state index contributed by atoms with van der Waals surface area (Å²) >= 11 is 1.62. The van der Waals surface area contributed by atoms with Crippen molar-refractivity contribution in [2.75, 3.05) is 18.4 Å². The van der Waals surface area contributed by atoms with Gasteiger partial charge < -0.3 is 9.73 Å². The maximum atomic E-state index is 12.9. The van der Waals surface area contributed by atoms with Gasteiger partial charge >= 0.3 is 0 Å². The summed E-state index contributed by atoms with van der Waals surface area (Å²) in [6.07, 6.45) is 3.43. The van der Waals surface area contributed by atoms with E-state index in [2.05, 4.69) is 12.2 Å². The van der Waals surface area contributed by atoms with Gasteiger partial charge in [0.15, 0.2) is 5.76 Å². The fraction of sp³-hybridized carbons (Fsp3) is 0.292. The van der Waals surface area contributed by atoms with Gasteiger partial charge in [-0.05, 0) is 61.2 Å². The lowest BCUT2D eigenvalue weighted by Gasteiger charge is -2.30. The molecule has 2 heterocycles. The second-order valence-corrected chi connectivity index (χ2v) is 11.0. The molecule has 0 bridgehead atoms. The van der Waals surface area contributed by atoms with E-state index < -0.39 is 10.0 Å². The number of carbonyl (C=O) groups excluding carboxylic acids is 1. The second kappa shape index (κ2) is 9.94. The first kappa shape index (κ1) is 22.6. The Morgan fingerprint density at radius 1 is 1.12 bits per heavy atom. The van der Waals surface area contributed by atoms with Crippen molar-refractivity contribution in [3.8, 4) is 0 Å². The Hall–Kier alpha value is -2.55. The summed E-state index contributed by atoms with van der Waals surface area (Å²) in [5.41, 5.74) is 1.31. The van der Waals surface area contributed by atoms with Crippen molar-refractivity contribution in [2.24, 2.45) is 5.92 Å². The van der Waals surface area contributed by atoms with Crippen LogP contribution in [-0.4, -0.2) is 31.7 Å². The Morgan fingerprint density at radius 3 is 2.59 bits per heavy atom. The van der Waals surface area contributed by atoms with Gasteiger partial charge in [-0.3, -0.25) is 4.79 Å². The highest BCUT2D eigenvalue weighted by Crippen LogP contribution is 2.27. The Bertz CT molecular complexity index is 1160. The predicted octanol–water partition coefficient (Wildman–Crippen LogP) is 5.24. The minimum Gasteiger partial charge on any atom is -0.459 e. The molecule has 0 aliphatic carbocycles. The van der Waals surface area contributed by atoms with Gasteiger partial charge in [0.05, 0.1) is 11.2 Å². The molecule has 1 atom stereocenters. The molecule has 32 heavy (non-hydrogen) atoms. The van der Waals surface area contributed by atoms with Gasteiger partial charge in [-0.25, -0.2) is 8.42 Å². The van der Waals surface area contributed by atoms with E-state index in [0.29, 0.717) is 30.4 Å². The van der Waals surface area contributed by atoms with Crippen molar-refractivity contribution in [3.05, 3.63) is 78.3 Å². The molecule has 1 amide bonds. The first-order chi connectivity index (χ1) is 15.4. The smallest absolute Gasteiger partial charge is 0.291 e. The lowest BCUT2D eigenvalue weighted by Crippen LogP contribution is -2.39. The minimum absolute atomic E-state index is 0.238. The van der Waals surface area contributed by atoms with E-state index in [1.807, 2.05) is 30.3 Å². The molecule has 6 nitrogen and oxygen atoms in total. The molecule has 0 radical (unpaired) electrons. The van der Waals surface area contributed by atoms with E-state index >= 15 is 0 Å². The lowest BCUT2D eigenvalue weighted by atomic mass is 10.0. The first-order valence-corrected chi connectivity index (χ1v) is 13.0. The molecule has 0 saturated carbocycles. The van der Waals surface area contributed by atoms with Crippen molar-refractivity contribution >= 4 is 33.4 Å². The number of nitrogens with zero attached hydrogens (tertiary/aromatic N) is 1. The molecule has 1 aliphatic heterocycles. The molecule has 8 heteroatoms. The van der Waals surface area contributed by atoms with Crippen molar-refractivity contribution < 1.29 is 17.6 Å². The number of hydrogen-bond donors (Lipinski definition) is 1. The molecule has 1 aliphatic rings. The van der Waals surface area contributed by atoms with Crippen LogP contribution in [0, 0.1) is 5.92 Å². The minimum atomic E-state index is -3.52. The standard InChI is InChI=1S/C24H26N2O4S2/c1-18-6-5-14-26(16-18)32(28,29)22-11-9-20(10-12-22)25-24(27)23-19(13-15-30-23)17-31-21-7-3-2-4-8-21/h2-4,7-13,15,18H,5-6,14,16-17H2,1H3,(H,25,27). The average molecular weight is 471 g/mol. The Balaban J connectivity index is 1.41. The highest BCUT2D eigenvalue weighted by molar-refractivity contribution is 7.98. The number of piperidine rings is 1. The van der Waals surface area contributed by atoms with Gasteiger partial charge in [-0.15, -0.1) is 11.8 Å². The van der Waals surface area contributed by atoms with E-state index in [-0.39, 0.29) is 16.6 Å². The van der Waals surface area contributed by atoms with E-state index in [9.17, 15) is 13.2 Å². The highest BCUT2D eigenvalue weighted by atomic mass is 32.2. The van der Waals surface area contributed by atoms with Gasteiger partial charge in [0.2, 0.25) is 10.0 Å². The Kier molecular flexibility index (Phi) is 7.03. The summed E-state index contributed by atoms with van der Waals surface area (Å²) < 4.78 is 32.8.